The molecule has 0 saturated heterocycles. The summed E-state index contributed by atoms with van der Waals surface area (Å²) in [5.74, 6) is 0.173. The summed E-state index contributed by atoms with van der Waals surface area (Å²) in [6.07, 6.45) is 3.18. The van der Waals surface area contributed by atoms with Crippen LogP contribution < -0.4 is 15.4 Å². The van der Waals surface area contributed by atoms with E-state index in [2.05, 4.69) is 25.5 Å². The number of carbonyl (C=O) groups is 1. The fourth-order valence-electron chi connectivity index (χ4n) is 3.97. The summed E-state index contributed by atoms with van der Waals surface area (Å²) in [6.45, 7) is 2.56. The number of nitrogens with zero attached hydrogens (tertiary/aromatic N) is 3. The number of aliphatic hydroxyl groups excluding tert-OH is 1. The summed E-state index contributed by atoms with van der Waals surface area (Å²) in [5.41, 5.74) is 3.61. The van der Waals surface area contributed by atoms with Crippen LogP contribution in [0, 0.1) is 0 Å². The number of ether oxygens (including phenoxy) is 1. The lowest BCUT2D eigenvalue weighted by Crippen LogP contribution is -2.29. The van der Waals surface area contributed by atoms with Gasteiger partial charge in [0, 0.05) is 19.6 Å². The lowest BCUT2D eigenvalue weighted by Gasteiger charge is -2.17. The van der Waals surface area contributed by atoms with Crippen molar-refractivity contribution in [2.75, 3.05) is 44.0 Å². The minimum absolute atomic E-state index is 0.106. The fourth-order valence-corrected chi connectivity index (χ4v) is 4.11. The molecule has 0 radical (unpaired) electrons. The zero-order valence-corrected chi connectivity index (χ0v) is 19.5. The number of aromatic carboxylic acids is 1. The van der Waals surface area contributed by atoms with Gasteiger partial charge in [-0.05, 0) is 48.2 Å². The highest BCUT2D eigenvalue weighted by Crippen LogP contribution is 2.33. The van der Waals surface area contributed by atoms with Gasteiger partial charge in [0.15, 0.2) is 5.82 Å². The van der Waals surface area contributed by atoms with E-state index in [9.17, 15) is 15.0 Å². The molecule has 34 heavy (non-hydrogen) atoms. The van der Waals surface area contributed by atoms with Crippen LogP contribution in [-0.2, 0) is 12.8 Å². The number of β-amino-alcohol motifs (C(OH)–C–C–N with tert-alkyl or cyclic N) is 1. The number of carboxylic acid groups (broad SMARTS) is 1. The van der Waals surface area contributed by atoms with Gasteiger partial charge in [-0.1, -0.05) is 23.7 Å². The van der Waals surface area contributed by atoms with Crippen molar-refractivity contribution in [3.8, 4) is 5.75 Å². The zero-order valence-electron chi connectivity index (χ0n) is 18.7. The Morgan fingerprint density at radius 2 is 1.88 bits per heavy atom. The first-order chi connectivity index (χ1) is 16.5. The molecule has 3 aromatic rings. The van der Waals surface area contributed by atoms with Gasteiger partial charge in [0.1, 0.15) is 10.8 Å². The van der Waals surface area contributed by atoms with Gasteiger partial charge in [-0.2, -0.15) is 4.98 Å². The van der Waals surface area contributed by atoms with Gasteiger partial charge in [0.25, 0.3) is 0 Å². The van der Waals surface area contributed by atoms with E-state index in [-0.39, 0.29) is 29.0 Å². The number of aromatic nitrogens is 2. The van der Waals surface area contributed by atoms with E-state index in [1.54, 1.807) is 25.3 Å². The lowest BCUT2D eigenvalue weighted by atomic mass is 10.0. The molecule has 0 spiro atoms. The molecule has 2 aromatic carbocycles. The standard InChI is InChI=1S/C24H26ClN5O4/c1-34-21-13-16-7-9-30(10-11-31)8-6-15(16)12-20(21)28-24-26-14-18(25)22(29-24)27-19-5-3-2-4-17(19)23(32)33/h2-5,12-14,31H,6-11H2,1H3,(H,32,33)(H2,26,27,28,29). The van der Waals surface area contributed by atoms with Gasteiger partial charge in [-0.25, -0.2) is 9.78 Å². The summed E-state index contributed by atoms with van der Waals surface area (Å²) in [6, 6.07) is 10.6. The van der Waals surface area contributed by atoms with Crippen molar-refractivity contribution in [2.24, 2.45) is 0 Å². The summed E-state index contributed by atoms with van der Waals surface area (Å²) in [7, 11) is 1.61. The Hall–Kier alpha value is -3.40. The third kappa shape index (κ3) is 5.39. The van der Waals surface area contributed by atoms with Crippen LogP contribution in [0.1, 0.15) is 21.5 Å². The van der Waals surface area contributed by atoms with E-state index < -0.39 is 5.97 Å². The van der Waals surface area contributed by atoms with Crippen molar-refractivity contribution in [2.45, 2.75) is 12.8 Å². The van der Waals surface area contributed by atoms with Crippen LogP contribution in [-0.4, -0.2) is 64.4 Å². The second kappa shape index (κ2) is 10.7. The molecular formula is C24H26ClN5O4. The molecule has 0 aliphatic carbocycles. The Morgan fingerprint density at radius 1 is 1.15 bits per heavy atom. The first kappa shape index (κ1) is 23.7. The number of carboxylic acids is 1. The summed E-state index contributed by atoms with van der Waals surface area (Å²) >= 11 is 6.28. The molecule has 9 nitrogen and oxygen atoms in total. The Labute approximate surface area is 202 Å². The highest BCUT2D eigenvalue weighted by Gasteiger charge is 2.18. The van der Waals surface area contributed by atoms with Gasteiger partial charge in [0.2, 0.25) is 5.95 Å². The largest absolute Gasteiger partial charge is 0.495 e. The average Bonchev–Trinajstić information content (AvgIpc) is 3.03. The molecule has 178 valence electrons. The topological polar surface area (TPSA) is 120 Å². The summed E-state index contributed by atoms with van der Waals surface area (Å²) < 4.78 is 5.61. The monoisotopic (exact) mass is 483 g/mol. The minimum atomic E-state index is -1.06. The van der Waals surface area contributed by atoms with Gasteiger partial charge >= 0.3 is 5.97 Å². The van der Waals surface area contributed by atoms with Gasteiger partial charge in [-0.15, -0.1) is 0 Å². The maximum absolute atomic E-state index is 11.5. The molecule has 1 aromatic heterocycles. The summed E-state index contributed by atoms with van der Waals surface area (Å²) in [5, 5.41) is 25.2. The average molecular weight is 484 g/mol. The second-order valence-electron chi connectivity index (χ2n) is 7.88. The Balaban J connectivity index is 1.60. The van der Waals surface area contributed by atoms with Gasteiger partial charge in [-0.3, -0.25) is 0 Å². The molecule has 1 aliphatic rings. The van der Waals surface area contributed by atoms with Crippen LogP contribution >= 0.6 is 11.6 Å². The number of rotatable bonds is 8. The Bertz CT molecular complexity index is 1190. The SMILES string of the molecule is COc1cc2c(cc1Nc1ncc(Cl)c(Nc3ccccc3C(=O)O)n1)CCN(CCO)CC2. The number of hydrogen-bond donors (Lipinski definition) is 4. The molecule has 2 heterocycles. The molecule has 0 bridgehead atoms. The smallest absolute Gasteiger partial charge is 0.337 e. The van der Waals surface area contributed by atoms with Crippen LogP contribution in [0.2, 0.25) is 5.02 Å². The minimum Gasteiger partial charge on any atom is -0.495 e. The van der Waals surface area contributed by atoms with Crippen molar-refractivity contribution in [1.29, 1.82) is 0 Å². The predicted molar refractivity (Wildman–Crippen MR) is 131 cm³/mol. The molecular weight excluding hydrogens is 458 g/mol. The van der Waals surface area contributed by atoms with E-state index in [1.165, 1.54) is 23.4 Å². The number of methoxy groups -OCH3 is 1. The van der Waals surface area contributed by atoms with Crippen LogP contribution in [0.4, 0.5) is 23.1 Å². The van der Waals surface area contributed by atoms with Crippen molar-refractivity contribution in [3.63, 3.8) is 0 Å². The zero-order chi connectivity index (χ0) is 24.1. The Kier molecular flexibility index (Phi) is 7.46. The lowest BCUT2D eigenvalue weighted by molar-refractivity contribution is 0.0698. The first-order valence-corrected chi connectivity index (χ1v) is 11.3. The van der Waals surface area contributed by atoms with E-state index in [0.717, 1.165) is 31.6 Å². The maximum atomic E-state index is 11.5. The van der Waals surface area contributed by atoms with Crippen molar-refractivity contribution >= 4 is 40.7 Å². The highest BCUT2D eigenvalue weighted by atomic mass is 35.5. The van der Waals surface area contributed by atoms with Crippen LogP contribution in [0.3, 0.4) is 0 Å². The van der Waals surface area contributed by atoms with E-state index in [1.807, 2.05) is 12.1 Å². The van der Waals surface area contributed by atoms with E-state index in [4.69, 9.17) is 16.3 Å². The number of halogens is 1. The van der Waals surface area contributed by atoms with Crippen LogP contribution in [0.25, 0.3) is 0 Å². The molecule has 0 unspecified atom stereocenters. The predicted octanol–water partition coefficient (Wildman–Crippen LogP) is 3.72. The maximum Gasteiger partial charge on any atom is 0.337 e. The van der Waals surface area contributed by atoms with Crippen molar-refractivity contribution in [3.05, 3.63) is 64.3 Å². The molecule has 4 N–H and O–H groups in total. The normalized spacial score (nSPS) is 13.6. The number of nitrogens with one attached hydrogen (secondary N) is 2. The quantitative estimate of drug-likeness (QED) is 0.380. The van der Waals surface area contributed by atoms with E-state index >= 15 is 0 Å². The Morgan fingerprint density at radius 3 is 2.59 bits per heavy atom. The summed E-state index contributed by atoms with van der Waals surface area (Å²) in [4.78, 5) is 22.5. The number of hydrogen-bond acceptors (Lipinski definition) is 8. The van der Waals surface area contributed by atoms with Crippen molar-refractivity contribution in [1.82, 2.24) is 14.9 Å². The molecule has 1 aliphatic heterocycles. The molecule has 10 heteroatoms. The van der Waals surface area contributed by atoms with Gasteiger partial charge < -0.3 is 30.5 Å². The van der Waals surface area contributed by atoms with Crippen molar-refractivity contribution < 1.29 is 19.7 Å². The number of para-hydroxylation sites is 1. The van der Waals surface area contributed by atoms with Crippen LogP contribution in [0.5, 0.6) is 5.75 Å². The van der Waals surface area contributed by atoms with Gasteiger partial charge in [0.05, 0.1) is 36.9 Å². The van der Waals surface area contributed by atoms with E-state index in [0.29, 0.717) is 18.0 Å². The third-order valence-corrected chi connectivity index (χ3v) is 6.01. The number of aliphatic hydroxyl groups is 1. The number of anilines is 4. The highest BCUT2D eigenvalue weighted by molar-refractivity contribution is 6.33. The molecule has 0 saturated carbocycles. The third-order valence-electron chi connectivity index (χ3n) is 5.73. The fraction of sp³-hybridized carbons (Fsp3) is 0.292. The number of fused-ring (bicyclic) bond motifs is 1. The van der Waals surface area contributed by atoms with Crippen LogP contribution in [0.15, 0.2) is 42.6 Å². The molecule has 0 fully saturated rings. The molecule has 0 amide bonds. The first-order valence-electron chi connectivity index (χ1n) is 10.9. The number of benzene rings is 2. The second-order valence-corrected chi connectivity index (χ2v) is 8.28. The molecule has 4 rings (SSSR count). The molecule has 0 atom stereocenters.